The summed E-state index contributed by atoms with van der Waals surface area (Å²) in [6, 6.07) is 3.75. The molecule has 0 bridgehead atoms. The number of ether oxygens (including phenoxy) is 4. The van der Waals surface area contributed by atoms with E-state index in [1.165, 1.54) is 7.11 Å². The van der Waals surface area contributed by atoms with E-state index in [0.717, 1.165) is 12.1 Å². The van der Waals surface area contributed by atoms with Gasteiger partial charge < -0.3 is 24.3 Å². The molecule has 0 aromatic heterocycles. The number of morpholine rings is 1. The molecule has 134 valence electrons. The standard InChI is InChI=1S/C17H26N2O5/c1-17(2,3)24-16(20)19-12-8-11(13-10-23-7-6-18-13)9-14(21-4)15(12)22-5/h8-9,13,18H,6-7,10H2,1-5H3,(H,19,20). The number of benzene rings is 1. The quantitative estimate of drug-likeness (QED) is 0.879. The van der Waals surface area contributed by atoms with E-state index in [9.17, 15) is 4.79 Å². The van der Waals surface area contributed by atoms with E-state index < -0.39 is 11.7 Å². The van der Waals surface area contributed by atoms with Crippen molar-refractivity contribution in [2.75, 3.05) is 39.3 Å². The van der Waals surface area contributed by atoms with E-state index in [-0.39, 0.29) is 6.04 Å². The Bertz CT molecular complexity index is 577. The molecule has 1 amide bonds. The molecule has 7 heteroatoms. The second-order valence-electron chi connectivity index (χ2n) is 6.51. The fourth-order valence-corrected chi connectivity index (χ4v) is 2.47. The summed E-state index contributed by atoms with van der Waals surface area (Å²) in [5.41, 5.74) is 0.851. The van der Waals surface area contributed by atoms with Gasteiger partial charge in [-0.2, -0.15) is 0 Å². The predicted molar refractivity (Wildman–Crippen MR) is 91.0 cm³/mol. The van der Waals surface area contributed by atoms with Gasteiger partial charge in [-0.25, -0.2) is 4.79 Å². The molecule has 1 aliphatic rings. The molecular formula is C17H26N2O5. The average Bonchev–Trinajstić information content (AvgIpc) is 2.53. The third kappa shape index (κ3) is 4.75. The van der Waals surface area contributed by atoms with E-state index in [2.05, 4.69) is 10.6 Å². The number of amides is 1. The molecule has 0 aliphatic carbocycles. The smallest absolute Gasteiger partial charge is 0.412 e. The molecular weight excluding hydrogens is 312 g/mol. The molecule has 1 fully saturated rings. The summed E-state index contributed by atoms with van der Waals surface area (Å²) in [4.78, 5) is 12.1. The molecule has 2 N–H and O–H groups in total. The molecule has 2 rings (SSSR count). The zero-order chi connectivity index (χ0) is 17.7. The second-order valence-corrected chi connectivity index (χ2v) is 6.51. The molecule has 1 heterocycles. The predicted octanol–water partition coefficient (Wildman–Crippen LogP) is 2.71. The molecule has 0 spiro atoms. The first-order valence-electron chi connectivity index (χ1n) is 7.91. The van der Waals surface area contributed by atoms with Crippen LogP contribution in [0, 0.1) is 0 Å². The van der Waals surface area contributed by atoms with Crippen molar-refractivity contribution < 1.29 is 23.7 Å². The number of methoxy groups -OCH3 is 2. The highest BCUT2D eigenvalue weighted by atomic mass is 16.6. The Morgan fingerprint density at radius 2 is 2.04 bits per heavy atom. The van der Waals surface area contributed by atoms with Crippen LogP contribution >= 0.6 is 0 Å². The van der Waals surface area contributed by atoms with Gasteiger partial charge >= 0.3 is 6.09 Å². The van der Waals surface area contributed by atoms with E-state index in [1.54, 1.807) is 7.11 Å². The summed E-state index contributed by atoms with van der Waals surface area (Å²) in [5, 5.41) is 6.12. The fraction of sp³-hybridized carbons (Fsp3) is 0.588. The zero-order valence-corrected chi connectivity index (χ0v) is 14.9. The van der Waals surface area contributed by atoms with Crippen LogP contribution in [0.5, 0.6) is 11.5 Å². The minimum Gasteiger partial charge on any atom is -0.493 e. The van der Waals surface area contributed by atoms with Gasteiger partial charge in [-0.05, 0) is 38.5 Å². The second kappa shape index (κ2) is 7.72. The van der Waals surface area contributed by atoms with Gasteiger partial charge in [0.15, 0.2) is 11.5 Å². The molecule has 7 nitrogen and oxygen atoms in total. The van der Waals surface area contributed by atoms with Crippen molar-refractivity contribution in [3.8, 4) is 11.5 Å². The van der Waals surface area contributed by atoms with Crippen LogP contribution in [0.1, 0.15) is 32.4 Å². The van der Waals surface area contributed by atoms with Crippen molar-refractivity contribution in [3.05, 3.63) is 17.7 Å². The zero-order valence-electron chi connectivity index (χ0n) is 14.9. The summed E-state index contributed by atoms with van der Waals surface area (Å²) >= 11 is 0. The van der Waals surface area contributed by atoms with Crippen molar-refractivity contribution in [3.63, 3.8) is 0 Å². The van der Waals surface area contributed by atoms with Crippen LogP contribution in [0.15, 0.2) is 12.1 Å². The van der Waals surface area contributed by atoms with Crippen LogP contribution in [-0.4, -0.2) is 45.7 Å². The van der Waals surface area contributed by atoms with Crippen molar-refractivity contribution >= 4 is 11.8 Å². The summed E-state index contributed by atoms with van der Waals surface area (Å²) in [5.74, 6) is 0.984. The summed E-state index contributed by atoms with van der Waals surface area (Å²) in [6.45, 7) is 7.44. The van der Waals surface area contributed by atoms with Crippen LogP contribution in [-0.2, 0) is 9.47 Å². The maximum Gasteiger partial charge on any atom is 0.412 e. The number of rotatable bonds is 4. The van der Waals surface area contributed by atoms with Crippen LogP contribution in [0.25, 0.3) is 0 Å². The van der Waals surface area contributed by atoms with E-state index in [4.69, 9.17) is 18.9 Å². The summed E-state index contributed by atoms with van der Waals surface area (Å²) in [7, 11) is 3.09. The molecule has 0 radical (unpaired) electrons. The lowest BCUT2D eigenvalue weighted by Gasteiger charge is -2.26. The molecule has 1 saturated heterocycles. The Morgan fingerprint density at radius 1 is 1.29 bits per heavy atom. The minimum atomic E-state index is -0.586. The first kappa shape index (κ1) is 18.4. The Morgan fingerprint density at radius 3 is 2.58 bits per heavy atom. The first-order valence-corrected chi connectivity index (χ1v) is 7.91. The lowest BCUT2D eigenvalue weighted by atomic mass is 10.0. The lowest BCUT2D eigenvalue weighted by Crippen LogP contribution is -2.34. The van der Waals surface area contributed by atoms with Crippen molar-refractivity contribution in [2.24, 2.45) is 0 Å². The van der Waals surface area contributed by atoms with Gasteiger partial charge in [-0.1, -0.05) is 0 Å². The highest BCUT2D eigenvalue weighted by Crippen LogP contribution is 2.38. The molecule has 1 aromatic rings. The van der Waals surface area contributed by atoms with Crippen LogP contribution in [0.2, 0.25) is 0 Å². The normalized spacial score (nSPS) is 18.0. The van der Waals surface area contributed by atoms with E-state index >= 15 is 0 Å². The molecule has 1 unspecified atom stereocenters. The molecule has 24 heavy (non-hydrogen) atoms. The minimum absolute atomic E-state index is 0.0257. The molecule has 1 aromatic carbocycles. The largest absolute Gasteiger partial charge is 0.493 e. The van der Waals surface area contributed by atoms with E-state index in [0.29, 0.717) is 30.4 Å². The maximum absolute atomic E-state index is 12.1. The average molecular weight is 338 g/mol. The van der Waals surface area contributed by atoms with E-state index in [1.807, 2.05) is 32.9 Å². The third-order valence-corrected chi connectivity index (χ3v) is 3.46. The van der Waals surface area contributed by atoms with Gasteiger partial charge in [0.1, 0.15) is 5.60 Å². The van der Waals surface area contributed by atoms with Gasteiger partial charge in [-0.3, -0.25) is 5.32 Å². The van der Waals surface area contributed by atoms with Crippen molar-refractivity contribution in [2.45, 2.75) is 32.4 Å². The molecule has 1 atom stereocenters. The maximum atomic E-state index is 12.1. The molecule has 0 saturated carbocycles. The highest BCUT2D eigenvalue weighted by molar-refractivity contribution is 5.88. The van der Waals surface area contributed by atoms with Crippen LogP contribution < -0.4 is 20.1 Å². The third-order valence-electron chi connectivity index (χ3n) is 3.46. The number of carbonyl (C=O) groups is 1. The number of anilines is 1. The first-order chi connectivity index (χ1) is 11.3. The van der Waals surface area contributed by atoms with Crippen LogP contribution in [0.3, 0.4) is 0 Å². The summed E-state index contributed by atoms with van der Waals surface area (Å²) < 4.78 is 21.6. The number of hydrogen-bond donors (Lipinski definition) is 2. The SMILES string of the molecule is COc1cc(C2COCCN2)cc(NC(=O)OC(C)(C)C)c1OC. The van der Waals surface area contributed by atoms with Gasteiger partial charge in [0.25, 0.3) is 0 Å². The monoisotopic (exact) mass is 338 g/mol. The number of nitrogens with one attached hydrogen (secondary N) is 2. The van der Waals surface area contributed by atoms with Crippen LogP contribution in [0.4, 0.5) is 10.5 Å². The van der Waals surface area contributed by atoms with Crippen molar-refractivity contribution in [1.82, 2.24) is 5.32 Å². The van der Waals surface area contributed by atoms with Gasteiger partial charge in [0.05, 0.1) is 39.2 Å². The number of carbonyl (C=O) groups excluding carboxylic acids is 1. The van der Waals surface area contributed by atoms with Gasteiger partial charge in [-0.15, -0.1) is 0 Å². The molecule has 1 aliphatic heterocycles. The number of hydrogen-bond acceptors (Lipinski definition) is 6. The Balaban J connectivity index is 2.31. The van der Waals surface area contributed by atoms with Gasteiger partial charge in [0.2, 0.25) is 0 Å². The highest BCUT2D eigenvalue weighted by Gasteiger charge is 2.23. The Kier molecular flexibility index (Phi) is 5.90. The van der Waals surface area contributed by atoms with Crippen molar-refractivity contribution in [1.29, 1.82) is 0 Å². The Hall–Kier alpha value is -1.99. The lowest BCUT2D eigenvalue weighted by molar-refractivity contribution is 0.0635. The van der Waals surface area contributed by atoms with Gasteiger partial charge in [0, 0.05) is 6.54 Å². The topological polar surface area (TPSA) is 78.1 Å². The Labute approximate surface area is 142 Å². The fourth-order valence-electron chi connectivity index (χ4n) is 2.47. The summed E-state index contributed by atoms with van der Waals surface area (Å²) in [6.07, 6.45) is -0.548.